The number of rotatable bonds is 5. The molecule has 4 aromatic rings. The number of aromatic hydroxyl groups is 1. The Hall–Kier alpha value is -3.86. The monoisotopic (exact) mass is 437 g/mol. The molecule has 0 unspecified atom stereocenters. The van der Waals surface area contributed by atoms with Crippen molar-refractivity contribution in [1.29, 1.82) is 0 Å². The van der Waals surface area contributed by atoms with E-state index in [4.69, 9.17) is 4.42 Å². The first kappa shape index (κ1) is 20.1. The fraction of sp³-hybridized carbons (Fsp3) is 0.333. The number of piperazine rings is 1. The summed E-state index contributed by atoms with van der Waals surface area (Å²) in [6, 6.07) is 6.53. The first-order valence-corrected chi connectivity index (χ1v) is 10.4. The summed E-state index contributed by atoms with van der Waals surface area (Å²) in [5, 5.41) is 39.8. The lowest BCUT2D eigenvalue weighted by molar-refractivity contribution is -0.746. The van der Waals surface area contributed by atoms with E-state index >= 15 is 0 Å². The molecule has 0 bridgehead atoms. The van der Waals surface area contributed by atoms with Crippen molar-refractivity contribution in [3.05, 3.63) is 47.7 Å². The quantitative estimate of drug-likeness (QED) is 0.351. The van der Waals surface area contributed by atoms with Gasteiger partial charge in [0.1, 0.15) is 11.0 Å². The highest BCUT2D eigenvalue weighted by Crippen LogP contribution is 2.37. The molecule has 166 valence electrons. The fourth-order valence-corrected chi connectivity index (χ4v) is 4.17. The molecule has 1 aromatic carbocycles. The van der Waals surface area contributed by atoms with Crippen molar-refractivity contribution in [1.82, 2.24) is 24.6 Å². The number of phenolic OH excluding ortho intramolecular Hbond substituents is 1. The van der Waals surface area contributed by atoms with E-state index < -0.39 is 0 Å². The Bertz CT molecular complexity index is 1280. The van der Waals surface area contributed by atoms with Crippen molar-refractivity contribution in [2.45, 2.75) is 13.0 Å². The number of hydrogen-bond acceptors (Lipinski definition) is 8. The standard InChI is InChI=1S/C21H22N6O5/c28-19-14-4-1-6-22-16(14)20(29)17-18(19)26(27(31)23-17)8-3-7-24-9-11-25(12-10-24)21(30)15-5-2-13-32-15/h1-2,4-6,13,28-29H,3,7-12H2/p-1. The Morgan fingerprint density at radius 1 is 1.16 bits per heavy atom. The van der Waals surface area contributed by atoms with Gasteiger partial charge in [0, 0.05) is 49.0 Å². The highest BCUT2D eigenvalue weighted by molar-refractivity contribution is 6.05. The molecule has 11 heteroatoms. The summed E-state index contributed by atoms with van der Waals surface area (Å²) in [5.41, 5.74) is 0.172. The summed E-state index contributed by atoms with van der Waals surface area (Å²) < 4.78 is 6.43. The van der Waals surface area contributed by atoms with E-state index in [0.29, 0.717) is 49.9 Å². The molecule has 5 rings (SSSR count). The molecule has 1 aliphatic heterocycles. The van der Waals surface area contributed by atoms with Gasteiger partial charge in [0.25, 0.3) is 5.91 Å². The van der Waals surface area contributed by atoms with Crippen LogP contribution in [-0.4, -0.2) is 68.3 Å². The van der Waals surface area contributed by atoms with Gasteiger partial charge in [-0.2, -0.15) is 0 Å². The second kappa shape index (κ2) is 8.00. The summed E-state index contributed by atoms with van der Waals surface area (Å²) in [5.74, 6) is -0.426. The van der Waals surface area contributed by atoms with Gasteiger partial charge in [-0.15, -0.1) is 4.68 Å². The Morgan fingerprint density at radius 2 is 1.97 bits per heavy atom. The number of nitrogens with zero attached hydrogens (tertiary/aromatic N) is 6. The van der Waals surface area contributed by atoms with Gasteiger partial charge in [-0.05, 0) is 30.0 Å². The van der Waals surface area contributed by atoms with E-state index in [0.717, 1.165) is 0 Å². The third-order valence-electron chi connectivity index (χ3n) is 5.83. The predicted molar refractivity (Wildman–Crippen MR) is 111 cm³/mol. The zero-order chi connectivity index (χ0) is 22.2. The number of furan rings is 1. The minimum absolute atomic E-state index is 0.0405. The van der Waals surface area contributed by atoms with Crippen molar-refractivity contribution < 1.29 is 24.4 Å². The minimum atomic E-state index is -0.381. The van der Waals surface area contributed by atoms with Crippen LogP contribution in [-0.2, 0) is 6.54 Å². The van der Waals surface area contributed by atoms with Gasteiger partial charge in [-0.3, -0.25) is 14.7 Å². The third kappa shape index (κ3) is 3.36. The summed E-state index contributed by atoms with van der Waals surface area (Å²) in [6.07, 6.45) is 3.56. The van der Waals surface area contributed by atoms with Gasteiger partial charge in [0.05, 0.1) is 12.8 Å². The van der Waals surface area contributed by atoms with E-state index in [1.165, 1.54) is 17.1 Å². The van der Waals surface area contributed by atoms with Crippen LogP contribution in [0.5, 0.6) is 11.5 Å². The number of pyridine rings is 1. The molecule has 1 fully saturated rings. The van der Waals surface area contributed by atoms with Crippen LogP contribution in [0.4, 0.5) is 0 Å². The van der Waals surface area contributed by atoms with Crippen molar-refractivity contribution in [2.75, 3.05) is 32.7 Å². The Morgan fingerprint density at radius 3 is 2.72 bits per heavy atom. The number of aromatic nitrogens is 4. The molecule has 0 saturated carbocycles. The van der Waals surface area contributed by atoms with Crippen LogP contribution < -0.4 is 10.1 Å². The molecule has 32 heavy (non-hydrogen) atoms. The molecule has 0 aliphatic carbocycles. The number of hydrogen-bond donors (Lipinski definition) is 1. The van der Waals surface area contributed by atoms with Gasteiger partial charge in [0.15, 0.2) is 11.5 Å². The summed E-state index contributed by atoms with van der Waals surface area (Å²) in [6.45, 7) is 3.56. The van der Waals surface area contributed by atoms with E-state index in [9.17, 15) is 20.2 Å². The lowest BCUT2D eigenvalue weighted by atomic mass is 10.1. The molecule has 1 aliphatic rings. The van der Waals surface area contributed by atoms with Crippen LogP contribution in [0.3, 0.4) is 0 Å². The van der Waals surface area contributed by atoms with Gasteiger partial charge in [-0.25, -0.2) is 0 Å². The normalized spacial score (nSPS) is 15.1. The number of aryl methyl sites for hydroxylation is 1. The second-order valence-corrected chi connectivity index (χ2v) is 7.72. The minimum Gasteiger partial charge on any atom is -0.870 e. The maximum atomic E-state index is 12.9. The summed E-state index contributed by atoms with van der Waals surface area (Å²) in [4.78, 5) is 20.7. The molecule has 0 radical (unpaired) electrons. The smallest absolute Gasteiger partial charge is 0.289 e. The highest BCUT2D eigenvalue weighted by atomic mass is 16.5. The largest absolute Gasteiger partial charge is 0.870 e. The molecule has 4 heterocycles. The molecule has 0 atom stereocenters. The molecule has 0 spiro atoms. The zero-order valence-electron chi connectivity index (χ0n) is 17.2. The first-order valence-electron chi connectivity index (χ1n) is 10.4. The molecular weight excluding hydrogens is 416 g/mol. The summed E-state index contributed by atoms with van der Waals surface area (Å²) in [7, 11) is 0. The van der Waals surface area contributed by atoms with Crippen molar-refractivity contribution in [3.63, 3.8) is 0 Å². The lowest BCUT2D eigenvalue weighted by Crippen LogP contribution is -2.49. The number of carbonyl (C=O) groups is 1. The Kier molecular flexibility index (Phi) is 5.02. The van der Waals surface area contributed by atoms with Gasteiger partial charge >= 0.3 is 0 Å². The van der Waals surface area contributed by atoms with Gasteiger partial charge in [-0.1, -0.05) is 11.8 Å². The number of fused-ring (bicyclic) bond motifs is 2. The van der Waals surface area contributed by atoms with Gasteiger partial charge < -0.3 is 24.7 Å². The Labute approximate surface area is 182 Å². The number of phenols is 1. The van der Waals surface area contributed by atoms with Crippen LogP contribution in [0.2, 0.25) is 0 Å². The topological polar surface area (TPSA) is 138 Å². The SMILES string of the molecule is O=C(c1ccco1)N1CCN(CCCn2c3c([O-])c4cccnc4c(O)c3n[n+]2[O-])CC1. The van der Waals surface area contributed by atoms with E-state index in [-0.39, 0.29) is 45.9 Å². The Balaban J connectivity index is 1.26. The number of benzene rings is 1. The van der Waals surface area contributed by atoms with E-state index in [1.807, 2.05) is 0 Å². The maximum absolute atomic E-state index is 12.9. The molecule has 1 N–H and O–H groups in total. The van der Waals surface area contributed by atoms with E-state index in [2.05, 4.69) is 15.0 Å². The van der Waals surface area contributed by atoms with Crippen LogP contribution in [0.25, 0.3) is 21.9 Å². The summed E-state index contributed by atoms with van der Waals surface area (Å²) >= 11 is 0. The molecule has 3 aromatic heterocycles. The van der Waals surface area contributed by atoms with Crippen LogP contribution in [0.15, 0.2) is 41.1 Å². The number of amides is 1. The average Bonchev–Trinajstić information content (AvgIpc) is 3.46. The van der Waals surface area contributed by atoms with Crippen molar-refractivity contribution in [2.24, 2.45) is 0 Å². The third-order valence-corrected chi connectivity index (χ3v) is 5.83. The molecule has 1 amide bonds. The van der Waals surface area contributed by atoms with Crippen LogP contribution in [0, 0.1) is 5.21 Å². The first-order chi connectivity index (χ1) is 15.5. The zero-order valence-corrected chi connectivity index (χ0v) is 17.2. The average molecular weight is 437 g/mol. The second-order valence-electron chi connectivity index (χ2n) is 7.72. The van der Waals surface area contributed by atoms with Crippen molar-refractivity contribution in [3.8, 4) is 11.5 Å². The van der Waals surface area contributed by atoms with Gasteiger partial charge in [0.2, 0.25) is 5.52 Å². The lowest BCUT2D eigenvalue weighted by Gasteiger charge is -2.34. The highest BCUT2D eigenvalue weighted by Gasteiger charge is 2.25. The molecule has 11 nitrogen and oxygen atoms in total. The van der Waals surface area contributed by atoms with Crippen molar-refractivity contribution >= 4 is 27.8 Å². The van der Waals surface area contributed by atoms with E-state index in [1.54, 1.807) is 29.2 Å². The predicted octanol–water partition coefficient (Wildman–Crippen LogP) is 0.438. The van der Waals surface area contributed by atoms with Crippen LogP contribution in [0.1, 0.15) is 17.0 Å². The number of carbonyl (C=O) groups excluding carboxylic acids is 1. The molecule has 1 saturated heterocycles. The maximum Gasteiger partial charge on any atom is 0.289 e. The fourth-order valence-electron chi connectivity index (χ4n) is 4.17. The molecular formula is C21H21N6O5-. The van der Waals surface area contributed by atoms with Crippen LogP contribution >= 0.6 is 0 Å².